The molecule has 1 aliphatic rings. The zero-order valence-electron chi connectivity index (χ0n) is 19.7. The van der Waals surface area contributed by atoms with Crippen molar-refractivity contribution in [2.24, 2.45) is 0 Å². The van der Waals surface area contributed by atoms with E-state index in [0.29, 0.717) is 47.7 Å². The number of anilines is 1. The van der Waals surface area contributed by atoms with Gasteiger partial charge in [-0.15, -0.1) is 11.3 Å². The summed E-state index contributed by atoms with van der Waals surface area (Å²) in [6.45, 7) is 0.972. The molecule has 3 aromatic heterocycles. The first-order valence-corrected chi connectivity index (χ1v) is 12.8. The van der Waals surface area contributed by atoms with E-state index in [4.69, 9.17) is 10.5 Å². The van der Waals surface area contributed by atoms with Crippen molar-refractivity contribution in [3.05, 3.63) is 87.8 Å². The van der Waals surface area contributed by atoms with Gasteiger partial charge in [-0.25, -0.2) is 19.3 Å². The number of aromatic nitrogens is 4. The fraction of sp³-hybridized carbons (Fsp3) is 0.185. The largest absolute Gasteiger partial charge is 0.493 e. The van der Waals surface area contributed by atoms with Gasteiger partial charge >= 0.3 is 0 Å². The maximum Gasteiger partial charge on any atom is 0.251 e. The van der Waals surface area contributed by atoms with E-state index in [2.05, 4.69) is 31.3 Å². The Morgan fingerprint density at radius 1 is 1.22 bits per heavy atom. The normalized spacial score (nSPS) is 14.8. The van der Waals surface area contributed by atoms with Crippen LogP contribution >= 0.6 is 11.3 Å². The van der Waals surface area contributed by atoms with E-state index in [1.165, 1.54) is 17.1 Å². The number of halogens is 1. The summed E-state index contributed by atoms with van der Waals surface area (Å²) < 4.78 is 20.9. The Kier molecular flexibility index (Phi) is 6.01. The summed E-state index contributed by atoms with van der Waals surface area (Å²) in [5, 5.41) is 5.01. The number of rotatable bonds is 6. The SMILES string of the molecule is Nc1nccc(-c2cc(F)c3nc(C4COc5ccc(C(=O)NCCc6cccs6)cc5C4)[nH]c3c2)n1. The Bertz CT molecular complexity index is 1600. The van der Waals surface area contributed by atoms with Gasteiger partial charge < -0.3 is 20.8 Å². The molecule has 0 saturated carbocycles. The monoisotopic (exact) mass is 514 g/mol. The fourth-order valence-electron chi connectivity index (χ4n) is 4.54. The van der Waals surface area contributed by atoms with Crippen LogP contribution in [0.2, 0.25) is 0 Å². The highest BCUT2D eigenvalue weighted by molar-refractivity contribution is 7.09. The predicted molar refractivity (Wildman–Crippen MR) is 140 cm³/mol. The van der Waals surface area contributed by atoms with Gasteiger partial charge in [-0.3, -0.25) is 4.79 Å². The van der Waals surface area contributed by atoms with Gasteiger partial charge in [0.25, 0.3) is 5.91 Å². The first kappa shape index (κ1) is 23.1. The van der Waals surface area contributed by atoms with Gasteiger partial charge in [0.05, 0.1) is 23.7 Å². The minimum Gasteiger partial charge on any atom is -0.493 e. The highest BCUT2D eigenvalue weighted by Gasteiger charge is 2.26. The minimum absolute atomic E-state index is 0.116. The summed E-state index contributed by atoms with van der Waals surface area (Å²) in [4.78, 5) is 29.8. The number of nitrogen functional groups attached to an aromatic ring is 1. The van der Waals surface area contributed by atoms with E-state index >= 15 is 0 Å². The smallest absolute Gasteiger partial charge is 0.251 e. The zero-order chi connectivity index (χ0) is 25.4. The van der Waals surface area contributed by atoms with Crippen molar-refractivity contribution in [1.29, 1.82) is 0 Å². The van der Waals surface area contributed by atoms with Crippen LogP contribution in [-0.4, -0.2) is 39.0 Å². The van der Waals surface area contributed by atoms with E-state index in [-0.39, 0.29) is 23.3 Å². The van der Waals surface area contributed by atoms with Crippen molar-refractivity contribution < 1.29 is 13.9 Å². The number of thiophene rings is 1. The molecule has 0 radical (unpaired) electrons. The lowest BCUT2D eigenvalue weighted by Crippen LogP contribution is -2.26. The summed E-state index contributed by atoms with van der Waals surface area (Å²) in [5.41, 5.74) is 9.11. The van der Waals surface area contributed by atoms with Gasteiger partial charge in [0, 0.05) is 28.7 Å². The molecule has 0 fully saturated rings. The number of carbonyl (C=O) groups is 1. The molecule has 1 unspecified atom stereocenters. The second-order valence-corrected chi connectivity index (χ2v) is 9.93. The average Bonchev–Trinajstić information content (AvgIpc) is 3.58. The fourth-order valence-corrected chi connectivity index (χ4v) is 5.25. The third-order valence-electron chi connectivity index (χ3n) is 6.38. The summed E-state index contributed by atoms with van der Waals surface area (Å²) in [7, 11) is 0. The lowest BCUT2D eigenvalue weighted by Gasteiger charge is -2.24. The number of nitrogens with one attached hydrogen (secondary N) is 2. The van der Waals surface area contributed by atoms with Gasteiger partial charge in [0.15, 0.2) is 5.82 Å². The van der Waals surface area contributed by atoms with Crippen LogP contribution < -0.4 is 15.8 Å². The van der Waals surface area contributed by atoms with Crippen molar-refractivity contribution in [2.45, 2.75) is 18.8 Å². The number of nitrogens with two attached hydrogens (primary N) is 1. The highest BCUT2D eigenvalue weighted by atomic mass is 32.1. The van der Waals surface area contributed by atoms with Crippen LogP contribution in [0.3, 0.4) is 0 Å². The number of nitrogens with zero attached hydrogens (tertiary/aromatic N) is 3. The van der Waals surface area contributed by atoms with E-state index in [1.54, 1.807) is 29.5 Å². The Labute approximate surface area is 215 Å². The molecular formula is C27H23FN6O2S. The van der Waals surface area contributed by atoms with Crippen LogP contribution in [0.4, 0.5) is 10.3 Å². The number of benzene rings is 2. The molecule has 1 atom stereocenters. The van der Waals surface area contributed by atoms with Crippen LogP contribution in [0, 0.1) is 5.82 Å². The van der Waals surface area contributed by atoms with Crippen molar-refractivity contribution in [3.63, 3.8) is 0 Å². The van der Waals surface area contributed by atoms with Gasteiger partial charge in [-0.05, 0) is 66.2 Å². The Hall–Kier alpha value is -4.31. The van der Waals surface area contributed by atoms with Gasteiger partial charge in [-0.2, -0.15) is 0 Å². The predicted octanol–water partition coefficient (Wildman–Crippen LogP) is 4.49. The van der Waals surface area contributed by atoms with Crippen molar-refractivity contribution >= 4 is 34.2 Å². The first-order valence-electron chi connectivity index (χ1n) is 11.9. The van der Waals surface area contributed by atoms with Crippen LogP contribution in [0.5, 0.6) is 5.75 Å². The van der Waals surface area contributed by atoms with E-state index in [1.807, 2.05) is 23.6 Å². The number of fused-ring (bicyclic) bond motifs is 2. The van der Waals surface area contributed by atoms with Gasteiger partial charge in [0.1, 0.15) is 17.1 Å². The maximum absolute atomic E-state index is 15.0. The number of imidazole rings is 1. The summed E-state index contributed by atoms with van der Waals surface area (Å²) >= 11 is 1.68. The maximum atomic E-state index is 15.0. The van der Waals surface area contributed by atoms with Gasteiger partial charge in [-0.1, -0.05) is 6.07 Å². The van der Waals surface area contributed by atoms with Crippen LogP contribution in [0.25, 0.3) is 22.3 Å². The molecule has 10 heteroatoms. The van der Waals surface area contributed by atoms with E-state index in [9.17, 15) is 9.18 Å². The summed E-state index contributed by atoms with van der Waals surface area (Å²) in [5.74, 6) is 0.810. The lowest BCUT2D eigenvalue weighted by molar-refractivity contribution is 0.0954. The number of H-pyrrole nitrogens is 1. The molecule has 6 rings (SSSR count). The second-order valence-electron chi connectivity index (χ2n) is 8.90. The Morgan fingerprint density at radius 2 is 2.14 bits per heavy atom. The molecule has 1 aliphatic heterocycles. The van der Waals surface area contributed by atoms with Crippen molar-refractivity contribution in [3.8, 4) is 17.0 Å². The molecule has 2 aromatic carbocycles. The van der Waals surface area contributed by atoms with Crippen molar-refractivity contribution in [2.75, 3.05) is 18.9 Å². The number of hydrogen-bond acceptors (Lipinski definition) is 7. The van der Waals surface area contributed by atoms with E-state index in [0.717, 1.165) is 17.7 Å². The van der Waals surface area contributed by atoms with Crippen LogP contribution in [0.15, 0.2) is 60.1 Å². The third kappa shape index (κ3) is 4.75. The zero-order valence-corrected chi connectivity index (χ0v) is 20.5. The Balaban J connectivity index is 1.20. The molecule has 0 spiro atoms. The lowest BCUT2D eigenvalue weighted by atomic mass is 9.94. The molecule has 0 aliphatic carbocycles. The van der Waals surface area contributed by atoms with Gasteiger partial charge in [0.2, 0.25) is 5.95 Å². The number of hydrogen-bond donors (Lipinski definition) is 3. The molecular weight excluding hydrogens is 491 g/mol. The number of ether oxygens (including phenoxy) is 1. The molecule has 1 amide bonds. The summed E-state index contributed by atoms with van der Waals surface area (Å²) in [6, 6.07) is 14.4. The molecule has 0 bridgehead atoms. The first-order chi connectivity index (χ1) is 18.0. The number of carbonyl (C=O) groups excluding carboxylic acids is 1. The molecule has 8 nitrogen and oxygen atoms in total. The Morgan fingerprint density at radius 3 is 2.97 bits per heavy atom. The minimum atomic E-state index is -0.453. The molecule has 4 N–H and O–H groups in total. The molecule has 186 valence electrons. The number of aromatic amines is 1. The highest BCUT2D eigenvalue weighted by Crippen LogP contribution is 2.34. The topological polar surface area (TPSA) is 119 Å². The van der Waals surface area contributed by atoms with E-state index < -0.39 is 5.82 Å². The van der Waals surface area contributed by atoms with Crippen molar-refractivity contribution in [1.82, 2.24) is 25.3 Å². The summed E-state index contributed by atoms with van der Waals surface area (Å²) in [6.07, 6.45) is 2.95. The average molecular weight is 515 g/mol. The molecule has 0 saturated heterocycles. The standard InChI is InChI=1S/C27H23FN6O2S/c28-20-12-16(21-6-8-31-27(29)33-21)13-22-24(20)34-25(32-22)18-11-17-10-15(3-4-23(17)36-14-18)26(35)30-7-5-19-2-1-9-37-19/h1-4,6,8-10,12-13,18H,5,7,11,14H2,(H,30,35)(H,32,34)(H2,29,31,33). The quantitative estimate of drug-likeness (QED) is 0.307. The molecule has 4 heterocycles. The second kappa shape index (κ2) is 9.62. The third-order valence-corrected chi connectivity index (χ3v) is 7.32. The van der Waals surface area contributed by atoms with Crippen LogP contribution in [-0.2, 0) is 12.8 Å². The van der Waals surface area contributed by atoms with Crippen LogP contribution in [0.1, 0.15) is 32.5 Å². The number of amides is 1. The molecule has 37 heavy (non-hydrogen) atoms. The molecule has 5 aromatic rings.